The minimum Gasteiger partial charge on any atom is -0.506 e. The number of Topliss-reactive ketones (excluding diaryl/α,β-unsaturated/α-hetero) is 1. The fraction of sp³-hybridized carbons (Fsp3) is 0.164. The molecule has 1 aliphatic rings. The van der Waals surface area contributed by atoms with Crippen LogP contribution in [0.2, 0.25) is 0 Å². The highest BCUT2D eigenvalue weighted by Crippen LogP contribution is 2.17. The smallest absolute Gasteiger partial charge is 0.226 e. The van der Waals surface area contributed by atoms with E-state index in [1.807, 2.05) is 66.6 Å². The number of halogens is 5. The van der Waals surface area contributed by atoms with E-state index in [0.717, 1.165) is 40.6 Å². The number of ketones is 4. The molecule has 6 aromatic heterocycles. The lowest BCUT2D eigenvalue weighted by atomic mass is 10.1. The summed E-state index contributed by atoms with van der Waals surface area (Å²) in [5.41, 5.74) is 8.19. The zero-order valence-electron chi connectivity index (χ0n) is 47.4. The SMILES string of the molecule is C.C.C.C.C.CC(=O)c1ccc(Cc2ccc(F)cc2)[nH]1.Cn1cccc1.Cn1cccc1C(=O)c1ccc(F)cc1.Fc1ccc(Cc2ccc[nH]2)cc1.O=C(C=C(O)C1=NC(Cc2ccc(F)cc2)C=C1)c1ncn[nH]1.O=C(c1ccc(F)cc1)c1ccc[nH]1. The fourth-order valence-electron chi connectivity index (χ4n) is 8.15. The Balaban J connectivity index is 0.000000382. The first-order chi connectivity index (χ1) is 42.0. The molecule has 1 unspecified atom stereocenters. The zero-order chi connectivity index (χ0) is 62.1. The predicted octanol–water partition coefficient (Wildman–Crippen LogP) is 16.9. The molecular weight excluding hydrogens is 1180 g/mol. The molecule has 0 aliphatic carbocycles. The third-order valence-electron chi connectivity index (χ3n) is 12.7. The van der Waals surface area contributed by atoms with E-state index in [4.69, 9.17) is 0 Å². The van der Waals surface area contributed by atoms with Crippen LogP contribution >= 0.6 is 0 Å². The second-order valence-corrected chi connectivity index (χ2v) is 19.4. The Morgan fingerprint density at radius 3 is 1.48 bits per heavy atom. The average Bonchev–Trinajstić information content (AvgIpc) is 1.88. The Morgan fingerprint density at radius 2 is 1.04 bits per heavy atom. The third-order valence-corrected chi connectivity index (χ3v) is 12.7. The number of nitrogens with zero attached hydrogens (tertiary/aromatic N) is 5. The monoisotopic (exact) mass is 1260 g/mol. The molecule has 92 heavy (non-hydrogen) atoms. The number of aliphatic imine (C=N–C) groups is 1. The molecule has 1 aliphatic heterocycles. The Morgan fingerprint density at radius 1 is 0.543 bits per heavy atom. The largest absolute Gasteiger partial charge is 0.506 e. The molecule has 482 valence electrons. The molecule has 1 atom stereocenters. The van der Waals surface area contributed by atoms with Gasteiger partial charge in [-0.15, -0.1) is 0 Å². The van der Waals surface area contributed by atoms with Gasteiger partial charge in [0.2, 0.25) is 17.3 Å². The lowest BCUT2D eigenvalue weighted by molar-refractivity contribution is 0.100. The summed E-state index contributed by atoms with van der Waals surface area (Å²) in [5, 5.41) is 16.0. The number of aliphatic hydroxyl groups is 1. The van der Waals surface area contributed by atoms with Gasteiger partial charge in [-0.25, -0.2) is 26.9 Å². The molecule has 0 bridgehead atoms. The molecule has 12 rings (SSSR count). The minimum absolute atomic E-state index is 0. The molecule has 0 spiro atoms. The van der Waals surface area contributed by atoms with Crippen LogP contribution in [0.4, 0.5) is 22.0 Å². The summed E-state index contributed by atoms with van der Waals surface area (Å²) in [7, 11) is 3.80. The van der Waals surface area contributed by atoms with Crippen LogP contribution in [0, 0.1) is 29.1 Å². The number of carbonyl (C=O) groups excluding carboxylic acids is 4. The lowest BCUT2D eigenvalue weighted by Crippen LogP contribution is -2.06. The van der Waals surface area contributed by atoms with Gasteiger partial charge in [0.1, 0.15) is 41.2 Å². The van der Waals surface area contributed by atoms with Crippen molar-refractivity contribution in [3.05, 3.63) is 334 Å². The van der Waals surface area contributed by atoms with Crippen LogP contribution in [-0.2, 0) is 33.4 Å². The van der Waals surface area contributed by atoms with Crippen molar-refractivity contribution in [3.8, 4) is 0 Å². The maximum absolute atomic E-state index is 12.9. The van der Waals surface area contributed by atoms with Crippen LogP contribution in [0.5, 0.6) is 0 Å². The van der Waals surface area contributed by atoms with Gasteiger partial charge in [0, 0.05) is 93.4 Å². The molecule has 0 amide bonds. The minimum atomic E-state index is -0.488. The molecule has 0 radical (unpaired) electrons. The Kier molecular flexibility index (Phi) is 32.7. The van der Waals surface area contributed by atoms with E-state index in [1.165, 1.54) is 98.2 Å². The number of aliphatic hydroxyl groups excluding tert-OH is 1. The van der Waals surface area contributed by atoms with Gasteiger partial charge in [-0.1, -0.05) is 79.6 Å². The molecule has 14 nitrogen and oxygen atoms in total. The van der Waals surface area contributed by atoms with E-state index >= 15 is 0 Å². The number of allylic oxidation sites excluding steroid dienone is 2. The van der Waals surface area contributed by atoms with Gasteiger partial charge in [0.25, 0.3) is 0 Å². The quantitative estimate of drug-likeness (QED) is 0.0309. The number of aryl methyl sites for hydroxylation is 2. The van der Waals surface area contributed by atoms with Crippen molar-refractivity contribution in [1.29, 1.82) is 0 Å². The van der Waals surface area contributed by atoms with Crippen molar-refractivity contribution in [2.75, 3.05) is 0 Å². The van der Waals surface area contributed by atoms with Crippen molar-refractivity contribution >= 4 is 28.8 Å². The van der Waals surface area contributed by atoms with Gasteiger partial charge in [0.05, 0.1) is 28.8 Å². The summed E-state index contributed by atoms with van der Waals surface area (Å²) in [6.45, 7) is 1.52. The Labute approximate surface area is 535 Å². The second kappa shape index (κ2) is 39.0. The predicted molar refractivity (Wildman–Crippen MR) is 357 cm³/mol. The molecule has 0 saturated carbocycles. The van der Waals surface area contributed by atoms with Gasteiger partial charge >= 0.3 is 0 Å². The van der Waals surface area contributed by atoms with E-state index in [2.05, 4.69) is 35.1 Å². The maximum atomic E-state index is 12.9. The average molecular weight is 1260 g/mol. The van der Waals surface area contributed by atoms with E-state index in [1.54, 1.807) is 96.8 Å². The van der Waals surface area contributed by atoms with E-state index in [0.29, 0.717) is 46.8 Å². The maximum Gasteiger partial charge on any atom is 0.226 e. The number of benzene rings is 5. The fourth-order valence-corrected chi connectivity index (χ4v) is 8.15. The third kappa shape index (κ3) is 24.8. The molecule has 0 saturated heterocycles. The van der Waals surface area contributed by atoms with Crippen molar-refractivity contribution in [2.45, 2.75) is 69.4 Å². The van der Waals surface area contributed by atoms with Crippen LogP contribution in [0.15, 0.2) is 248 Å². The number of nitrogens with one attached hydrogen (secondary N) is 4. The number of aromatic nitrogens is 8. The van der Waals surface area contributed by atoms with Gasteiger partial charge in [-0.2, -0.15) is 5.10 Å². The second-order valence-electron chi connectivity index (χ2n) is 19.4. The normalized spacial score (nSPS) is 11.4. The van der Waals surface area contributed by atoms with Crippen LogP contribution in [0.25, 0.3) is 0 Å². The summed E-state index contributed by atoms with van der Waals surface area (Å²) in [6.07, 6.45) is 17.2. The summed E-state index contributed by atoms with van der Waals surface area (Å²) in [5.74, 6) is -2.26. The number of hydrogen-bond acceptors (Lipinski definition) is 8. The van der Waals surface area contributed by atoms with Crippen LogP contribution in [0.1, 0.15) is 125 Å². The van der Waals surface area contributed by atoms with Gasteiger partial charge < -0.3 is 29.2 Å². The molecule has 11 aromatic rings. The molecular formula is C73H80F5N9O5. The van der Waals surface area contributed by atoms with Crippen molar-refractivity contribution in [1.82, 2.24) is 39.3 Å². The van der Waals surface area contributed by atoms with Gasteiger partial charge in [0.15, 0.2) is 11.6 Å². The van der Waals surface area contributed by atoms with Crippen LogP contribution < -0.4 is 0 Å². The van der Waals surface area contributed by atoms with Crippen molar-refractivity contribution in [3.63, 3.8) is 0 Å². The number of hydrogen-bond donors (Lipinski definition) is 5. The molecule has 0 fully saturated rings. The number of rotatable bonds is 14. The Bertz CT molecular complexity index is 3990. The summed E-state index contributed by atoms with van der Waals surface area (Å²) in [6, 6.07) is 48.6. The summed E-state index contributed by atoms with van der Waals surface area (Å²) in [4.78, 5) is 63.4. The number of H-pyrrole nitrogens is 4. The highest BCUT2D eigenvalue weighted by atomic mass is 19.1. The lowest BCUT2D eigenvalue weighted by Gasteiger charge is -2.05. The highest BCUT2D eigenvalue weighted by Gasteiger charge is 2.17. The molecule has 7 heterocycles. The highest BCUT2D eigenvalue weighted by molar-refractivity contribution is 6.13. The van der Waals surface area contributed by atoms with Crippen LogP contribution in [0.3, 0.4) is 0 Å². The first kappa shape index (κ1) is 77.0. The first-order valence-corrected chi connectivity index (χ1v) is 27.0. The van der Waals surface area contributed by atoms with E-state index in [9.17, 15) is 46.2 Å². The van der Waals surface area contributed by atoms with E-state index in [-0.39, 0.29) is 101 Å². The Hall–Kier alpha value is -11.1. The zero-order valence-corrected chi connectivity index (χ0v) is 47.4. The number of carbonyl (C=O) groups is 4. The van der Waals surface area contributed by atoms with Crippen LogP contribution in [-0.4, -0.2) is 79.3 Å². The number of aromatic amines is 4. The van der Waals surface area contributed by atoms with E-state index < -0.39 is 5.78 Å². The van der Waals surface area contributed by atoms with Crippen molar-refractivity contribution in [2.24, 2.45) is 19.1 Å². The summed E-state index contributed by atoms with van der Waals surface area (Å²) < 4.78 is 67.1. The first-order valence-electron chi connectivity index (χ1n) is 27.0. The standard InChI is InChI=1S/C16H13FN4O2.C13H12FNO.C12H10FNO.C11H8FNO.C11H10FN.C5H7N.5CH4/c17-11-3-1-10(2-4-11)7-12-5-6-13(20-12)14(22)8-15(23)16-18-9-19-21-16;1-9(16)13-7-6-12(15-13)8-10-2-4-11(14)5-3-10;1-14-8-2-3-11(14)12(15)9-4-6-10(13)7-5-9;12-9-5-3-8(4-6-9)11(14)10-2-1-7-13-10;12-10-5-3-9(4-6-10)8-11-2-1-7-13-11;1-6-4-2-3-5-6;;;;;/h1-6,8-9,12,22H,7H2,(H,18,19,21);2-7,15H,8H2,1H3;2-8H,1H3;1-7,13H;1-7,13H,8H2;2-5H,1H3;5*1H4. The molecule has 5 aromatic carbocycles. The van der Waals surface area contributed by atoms with Crippen molar-refractivity contribution < 1.29 is 46.2 Å². The molecule has 19 heteroatoms. The van der Waals surface area contributed by atoms with Gasteiger partial charge in [-0.05, 0) is 175 Å². The summed E-state index contributed by atoms with van der Waals surface area (Å²) >= 11 is 0. The molecule has 5 N–H and O–H groups in total. The topological polar surface area (TPSA) is 200 Å². The van der Waals surface area contributed by atoms with Gasteiger partial charge in [-0.3, -0.25) is 29.3 Å².